The number of rotatable bonds is 3. The van der Waals surface area contributed by atoms with Crippen LogP contribution in [0, 0.1) is 33.3 Å². The van der Waals surface area contributed by atoms with E-state index in [1.807, 2.05) is 0 Å². The smallest absolute Gasteiger partial charge is 0.258 e. The van der Waals surface area contributed by atoms with Gasteiger partial charge in [0.2, 0.25) is 5.69 Å². The van der Waals surface area contributed by atoms with Crippen LogP contribution >= 0.6 is 0 Å². The monoisotopic (exact) mass is 242 g/mol. The molecule has 8 nitrogen and oxygen atoms in total. The molecule has 1 rings (SSSR count). The molecule has 0 N–H and O–H groups in total. The van der Waals surface area contributed by atoms with E-state index >= 15 is 0 Å². The van der Waals surface area contributed by atoms with Gasteiger partial charge in [0.25, 0.3) is 0 Å². The van der Waals surface area contributed by atoms with Crippen LogP contribution in [0.4, 0.5) is 5.69 Å². The van der Waals surface area contributed by atoms with Crippen molar-refractivity contribution < 1.29 is 4.92 Å². The summed E-state index contributed by atoms with van der Waals surface area (Å²) in [6.07, 6.45) is 1.63. The molecule has 0 fully saturated rings. The Morgan fingerprint density at radius 2 is 2.44 bits per heavy atom. The van der Waals surface area contributed by atoms with Crippen LogP contribution < -0.4 is 0 Å². The Kier molecular flexibility index (Phi) is 4.67. The van der Waals surface area contributed by atoms with Gasteiger partial charge in [0.1, 0.15) is 6.07 Å². The van der Waals surface area contributed by atoms with Gasteiger partial charge in [-0.05, 0) is 5.53 Å². The van der Waals surface area contributed by atoms with Crippen LogP contribution in [0.5, 0.6) is 0 Å². The number of pyridine rings is 1. The Morgan fingerprint density at radius 3 is 3.06 bits per heavy atom. The predicted molar refractivity (Wildman–Crippen MR) is 61.1 cm³/mol. The van der Waals surface area contributed by atoms with Crippen molar-refractivity contribution in [1.82, 2.24) is 4.98 Å². The molecule has 0 saturated heterocycles. The molecule has 0 aliphatic rings. The van der Waals surface area contributed by atoms with Gasteiger partial charge in [0.05, 0.1) is 4.92 Å². The molecule has 88 valence electrons. The minimum absolute atomic E-state index is 0.231. The summed E-state index contributed by atoms with van der Waals surface area (Å²) in [5, 5.41) is 22.6. The summed E-state index contributed by atoms with van der Waals surface area (Å²) in [7, 11) is 0. The van der Waals surface area contributed by atoms with Gasteiger partial charge >= 0.3 is 5.69 Å². The van der Waals surface area contributed by atoms with Crippen LogP contribution in [0.15, 0.2) is 17.4 Å². The summed E-state index contributed by atoms with van der Waals surface area (Å²) in [4.78, 5) is 16.2. The van der Waals surface area contributed by atoms with Crippen LogP contribution in [0.3, 0.4) is 0 Å². The number of hydrogen-bond acceptors (Lipinski definition) is 5. The average molecular weight is 242 g/mol. The van der Waals surface area contributed by atoms with Crippen molar-refractivity contribution in [3.05, 3.63) is 44.1 Å². The lowest BCUT2D eigenvalue weighted by molar-refractivity contribution is -0.385. The maximum absolute atomic E-state index is 10.7. The third-order valence-electron chi connectivity index (χ3n) is 1.80. The topological polar surface area (TPSA) is 129 Å². The molecule has 0 aromatic carbocycles. The highest BCUT2D eigenvalue weighted by atomic mass is 16.6. The number of nitrogens with zero attached hydrogens (tertiary/aromatic N) is 6. The minimum Gasteiger partial charge on any atom is -0.258 e. The molecular formula is C10H6N6O2. The maximum atomic E-state index is 10.7. The van der Waals surface area contributed by atoms with E-state index in [2.05, 4.69) is 26.9 Å². The Morgan fingerprint density at radius 1 is 1.67 bits per heavy atom. The van der Waals surface area contributed by atoms with Crippen molar-refractivity contribution in [2.45, 2.75) is 6.42 Å². The van der Waals surface area contributed by atoms with E-state index in [9.17, 15) is 10.1 Å². The van der Waals surface area contributed by atoms with Gasteiger partial charge in [-0.3, -0.25) is 10.1 Å². The fourth-order valence-corrected chi connectivity index (χ4v) is 1.06. The van der Waals surface area contributed by atoms with E-state index in [4.69, 9.17) is 10.8 Å². The van der Waals surface area contributed by atoms with Gasteiger partial charge in [0, 0.05) is 35.7 Å². The molecule has 8 heteroatoms. The van der Waals surface area contributed by atoms with Crippen LogP contribution in [-0.2, 0) is 0 Å². The first-order chi connectivity index (χ1) is 8.69. The van der Waals surface area contributed by atoms with E-state index < -0.39 is 4.92 Å². The molecule has 0 saturated carbocycles. The molecule has 0 aliphatic carbocycles. The second-order valence-electron chi connectivity index (χ2n) is 2.97. The van der Waals surface area contributed by atoms with E-state index in [0.717, 1.165) is 0 Å². The van der Waals surface area contributed by atoms with Crippen molar-refractivity contribution in [1.29, 1.82) is 5.26 Å². The SMILES string of the molecule is N#Cc1ncc(C#CCCN=[N+]=[N-])cc1[N+](=O)[O-]. The molecule has 0 bridgehead atoms. The van der Waals surface area contributed by atoms with Crippen molar-refractivity contribution in [3.8, 4) is 17.9 Å². The summed E-state index contributed by atoms with van der Waals surface area (Å²) in [6, 6.07) is 2.82. The minimum atomic E-state index is -0.684. The average Bonchev–Trinajstić information content (AvgIpc) is 2.38. The van der Waals surface area contributed by atoms with Crippen molar-refractivity contribution >= 4 is 5.69 Å². The number of hydrogen-bond donors (Lipinski definition) is 0. The summed E-state index contributed by atoms with van der Waals surface area (Å²) in [5.74, 6) is 5.32. The summed E-state index contributed by atoms with van der Waals surface area (Å²) < 4.78 is 0. The Balaban J connectivity index is 2.92. The highest BCUT2D eigenvalue weighted by molar-refractivity contribution is 5.49. The molecule has 0 spiro atoms. The van der Waals surface area contributed by atoms with Gasteiger partial charge in [-0.15, -0.1) is 0 Å². The van der Waals surface area contributed by atoms with Crippen LogP contribution in [0.2, 0.25) is 0 Å². The Bertz CT molecular complexity index is 615. The number of nitriles is 1. The first kappa shape index (κ1) is 13.0. The van der Waals surface area contributed by atoms with E-state index in [1.165, 1.54) is 12.3 Å². The van der Waals surface area contributed by atoms with E-state index in [1.54, 1.807) is 6.07 Å². The van der Waals surface area contributed by atoms with Gasteiger partial charge < -0.3 is 0 Å². The zero-order valence-electron chi connectivity index (χ0n) is 9.07. The second-order valence-corrected chi connectivity index (χ2v) is 2.97. The lowest BCUT2D eigenvalue weighted by atomic mass is 10.2. The quantitative estimate of drug-likeness (QED) is 0.152. The molecule has 0 amide bonds. The number of nitro groups is 1. The number of azide groups is 1. The fraction of sp³-hybridized carbons (Fsp3) is 0.200. The highest BCUT2D eigenvalue weighted by Gasteiger charge is 2.14. The molecule has 0 aliphatic heterocycles. The molecule has 1 heterocycles. The van der Waals surface area contributed by atoms with Gasteiger partial charge in [0.15, 0.2) is 0 Å². The summed E-state index contributed by atoms with van der Waals surface area (Å²) in [6.45, 7) is 0.231. The van der Waals surface area contributed by atoms with E-state index in [-0.39, 0.29) is 17.9 Å². The zero-order chi connectivity index (χ0) is 13.4. The largest absolute Gasteiger partial charge is 0.306 e. The van der Waals surface area contributed by atoms with Crippen LogP contribution in [-0.4, -0.2) is 16.5 Å². The van der Waals surface area contributed by atoms with Crippen molar-refractivity contribution in [2.75, 3.05) is 6.54 Å². The first-order valence-corrected chi connectivity index (χ1v) is 4.73. The Labute approximate surface area is 102 Å². The molecule has 1 aromatic heterocycles. The summed E-state index contributed by atoms with van der Waals surface area (Å²) in [5.41, 5.74) is 7.74. The maximum Gasteiger partial charge on any atom is 0.306 e. The van der Waals surface area contributed by atoms with Gasteiger partial charge in [-0.1, -0.05) is 17.0 Å². The fourth-order valence-electron chi connectivity index (χ4n) is 1.06. The third-order valence-corrected chi connectivity index (χ3v) is 1.80. The van der Waals surface area contributed by atoms with Gasteiger partial charge in [-0.25, -0.2) is 4.98 Å². The summed E-state index contributed by atoms with van der Waals surface area (Å²) >= 11 is 0. The standard InChI is InChI=1S/C10H6N6O2/c11-6-9-10(16(17)18)5-8(7-13-9)3-1-2-4-14-15-12/h5,7H,2,4H2. The molecule has 18 heavy (non-hydrogen) atoms. The molecule has 0 unspecified atom stereocenters. The predicted octanol–water partition coefficient (Wildman–Crippen LogP) is 1.91. The van der Waals surface area contributed by atoms with Crippen LogP contribution in [0.1, 0.15) is 17.7 Å². The normalized spacial score (nSPS) is 8.39. The van der Waals surface area contributed by atoms with Crippen molar-refractivity contribution in [3.63, 3.8) is 0 Å². The number of aromatic nitrogens is 1. The molecule has 0 radical (unpaired) electrons. The molecular weight excluding hydrogens is 236 g/mol. The molecule has 0 atom stereocenters. The van der Waals surface area contributed by atoms with Crippen LogP contribution in [0.25, 0.3) is 10.4 Å². The van der Waals surface area contributed by atoms with E-state index in [0.29, 0.717) is 12.0 Å². The van der Waals surface area contributed by atoms with Crippen molar-refractivity contribution in [2.24, 2.45) is 5.11 Å². The Hall–Kier alpha value is -3.09. The lowest BCUT2D eigenvalue weighted by Crippen LogP contribution is -1.95. The highest BCUT2D eigenvalue weighted by Crippen LogP contribution is 2.16. The zero-order valence-corrected chi connectivity index (χ0v) is 9.07. The lowest BCUT2D eigenvalue weighted by Gasteiger charge is -1.94. The second kappa shape index (κ2) is 6.48. The third kappa shape index (κ3) is 3.49. The first-order valence-electron chi connectivity index (χ1n) is 4.73. The molecule has 1 aromatic rings. The van der Waals surface area contributed by atoms with Gasteiger partial charge in [-0.2, -0.15) is 5.26 Å².